The largest absolute Gasteiger partial charge is 0.338 e. The first-order chi connectivity index (χ1) is 8.07. The fraction of sp³-hybridized carbons (Fsp3) is 0.923. The van der Waals surface area contributed by atoms with E-state index < -0.39 is 0 Å². The third-order valence-electron chi connectivity index (χ3n) is 4.41. The summed E-state index contributed by atoms with van der Waals surface area (Å²) in [6, 6.07) is 0.123. The third kappa shape index (κ3) is 2.28. The summed E-state index contributed by atoms with van der Waals surface area (Å²) < 4.78 is 0. The second-order valence-electron chi connectivity index (χ2n) is 5.87. The summed E-state index contributed by atoms with van der Waals surface area (Å²) in [6.45, 7) is 10.4. The monoisotopic (exact) mass is 239 g/mol. The molecule has 98 valence electrons. The summed E-state index contributed by atoms with van der Waals surface area (Å²) in [5.41, 5.74) is -0.00946. The van der Waals surface area contributed by atoms with Gasteiger partial charge in [0.25, 0.3) is 0 Å². The Labute approximate surface area is 104 Å². The van der Waals surface area contributed by atoms with E-state index in [1.165, 1.54) is 0 Å². The Morgan fingerprint density at radius 2 is 2.24 bits per heavy atom. The van der Waals surface area contributed by atoms with Crippen molar-refractivity contribution in [2.45, 2.75) is 39.2 Å². The molecule has 2 rings (SSSR count). The Hall–Kier alpha value is -0.770. The quantitative estimate of drug-likeness (QED) is 0.732. The van der Waals surface area contributed by atoms with Crippen molar-refractivity contribution in [2.24, 2.45) is 11.8 Å². The van der Waals surface area contributed by atoms with Crippen molar-refractivity contribution >= 4 is 6.03 Å². The maximum atomic E-state index is 12.2. The molecule has 2 N–H and O–H groups in total. The molecule has 0 saturated carbocycles. The van der Waals surface area contributed by atoms with Crippen molar-refractivity contribution in [1.29, 1.82) is 0 Å². The minimum absolute atomic E-state index is 0.00946. The van der Waals surface area contributed by atoms with Crippen LogP contribution in [0.5, 0.6) is 0 Å². The molecule has 0 aromatic carbocycles. The number of likely N-dealkylation sites (tertiary alicyclic amines) is 1. The maximum absolute atomic E-state index is 12.2. The van der Waals surface area contributed by atoms with Gasteiger partial charge >= 0.3 is 6.03 Å². The Kier molecular flexibility index (Phi) is 3.61. The number of nitrogens with one attached hydrogen (secondary N) is 2. The maximum Gasteiger partial charge on any atom is 0.317 e. The van der Waals surface area contributed by atoms with Crippen LogP contribution < -0.4 is 10.6 Å². The first-order valence-corrected chi connectivity index (χ1v) is 6.83. The zero-order chi connectivity index (χ0) is 12.5. The molecule has 2 saturated heterocycles. The van der Waals surface area contributed by atoms with Crippen molar-refractivity contribution in [1.82, 2.24) is 15.5 Å². The van der Waals surface area contributed by atoms with Crippen molar-refractivity contribution < 1.29 is 4.79 Å². The van der Waals surface area contributed by atoms with Gasteiger partial charge in [0.15, 0.2) is 0 Å². The van der Waals surface area contributed by atoms with E-state index in [0.717, 1.165) is 39.0 Å². The molecule has 0 bridgehead atoms. The van der Waals surface area contributed by atoms with Gasteiger partial charge in [0.05, 0.1) is 0 Å². The lowest BCUT2D eigenvalue weighted by atomic mass is 9.85. The van der Waals surface area contributed by atoms with Crippen LogP contribution in [0, 0.1) is 11.8 Å². The molecule has 17 heavy (non-hydrogen) atoms. The normalized spacial score (nSPS) is 30.4. The van der Waals surface area contributed by atoms with Crippen LogP contribution >= 0.6 is 0 Å². The molecule has 2 heterocycles. The van der Waals surface area contributed by atoms with E-state index in [2.05, 4.69) is 31.4 Å². The molecule has 2 unspecified atom stereocenters. The minimum Gasteiger partial charge on any atom is -0.338 e. The first-order valence-electron chi connectivity index (χ1n) is 6.83. The van der Waals surface area contributed by atoms with Gasteiger partial charge in [-0.3, -0.25) is 0 Å². The van der Waals surface area contributed by atoms with Crippen LogP contribution in [0.3, 0.4) is 0 Å². The average molecular weight is 239 g/mol. The highest BCUT2D eigenvalue weighted by Gasteiger charge is 2.51. The van der Waals surface area contributed by atoms with E-state index in [4.69, 9.17) is 0 Å². The lowest BCUT2D eigenvalue weighted by Crippen LogP contribution is -2.51. The highest BCUT2D eigenvalue weighted by molar-refractivity contribution is 5.75. The summed E-state index contributed by atoms with van der Waals surface area (Å²) in [4.78, 5) is 14.2. The number of hydrogen-bond acceptors (Lipinski definition) is 2. The van der Waals surface area contributed by atoms with Crippen molar-refractivity contribution in [3.63, 3.8) is 0 Å². The standard InChI is InChI=1S/C13H25N3O/c1-4-5-6-15-12(17)16-9-10-7-14-8-11(10)13(16,2)3/h10-11,14H,4-9H2,1-3H3,(H,15,17). The van der Waals surface area contributed by atoms with Crippen molar-refractivity contribution in [3.8, 4) is 0 Å². The first kappa shape index (κ1) is 12.7. The SMILES string of the molecule is CCCCNC(=O)N1CC2CNCC2C1(C)C. The van der Waals surface area contributed by atoms with E-state index >= 15 is 0 Å². The van der Waals surface area contributed by atoms with E-state index in [0.29, 0.717) is 11.8 Å². The van der Waals surface area contributed by atoms with Gasteiger partial charge in [-0.05, 0) is 32.1 Å². The number of amides is 2. The molecule has 2 fully saturated rings. The van der Waals surface area contributed by atoms with Crippen LogP contribution in [0.15, 0.2) is 0 Å². The molecule has 2 atom stereocenters. The number of fused-ring (bicyclic) bond motifs is 1. The lowest BCUT2D eigenvalue weighted by Gasteiger charge is -2.35. The van der Waals surface area contributed by atoms with Crippen molar-refractivity contribution in [3.05, 3.63) is 0 Å². The number of carbonyl (C=O) groups is 1. The van der Waals surface area contributed by atoms with Gasteiger partial charge in [-0.1, -0.05) is 13.3 Å². The second kappa shape index (κ2) is 4.84. The van der Waals surface area contributed by atoms with E-state index in [9.17, 15) is 4.79 Å². The summed E-state index contributed by atoms with van der Waals surface area (Å²) in [6.07, 6.45) is 2.19. The van der Waals surface area contributed by atoms with Crippen LogP contribution in [-0.4, -0.2) is 42.6 Å². The number of unbranched alkanes of at least 4 members (excludes halogenated alkanes) is 1. The highest BCUT2D eigenvalue weighted by Crippen LogP contribution is 2.40. The summed E-state index contributed by atoms with van der Waals surface area (Å²) in [5, 5.41) is 6.47. The minimum atomic E-state index is -0.00946. The molecule has 2 aliphatic heterocycles. The lowest BCUT2D eigenvalue weighted by molar-refractivity contribution is 0.146. The Bertz CT molecular complexity index is 290. The summed E-state index contributed by atoms with van der Waals surface area (Å²) >= 11 is 0. The average Bonchev–Trinajstić information content (AvgIpc) is 2.81. The number of hydrogen-bond donors (Lipinski definition) is 2. The molecule has 0 aromatic heterocycles. The van der Waals surface area contributed by atoms with Gasteiger partial charge in [0.1, 0.15) is 0 Å². The van der Waals surface area contributed by atoms with Gasteiger partial charge in [-0.25, -0.2) is 4.79 Å². The zero-order valence-electron chi connectivity index (χ0n) is 11.3. The molecule has 0 spiro atoms. The zero-order valence-corrected chi connectivity index (χ0v) is 11.3. The number of urea groups is 1. The third-order valence-corrected chi connectivity index (χ3v) is 4.41. The Morgan fingerprint density at radius 1 is 1.47 bits per heavy atom. The van der Waals surface area contributed by atoms with E-state index in [1.807, 2.05) is 4.90 Å². The van der Waals surface area contributed by atoms with Gasteiger partial charge in [-0.2, -0.15) is 0 Å². The number of nitrogens with zero attached hydrogens (tertiary/aromatic N) is 1. The molecule has 0 aliphatic carbocycles. The van der Waals surface area contributed by atoms with E-state index in [-0.39, 0.29) is 11.6 Å². The summed E-state index contributed by atoms with van der Waals surface area (Å²) in [5.74, 6) is 1.25. The van der Waals surface area contributed by atoms with Crippen LogP contribution in [0.2, 0.25) is 0 Å². The fourth-order valence-electron chi connectivity index (χ4n) is 3.23. The fourth-order valence-corrected chi connectivity index (χ4v) is 3.23. The number of carbonyl (C=O) groups excluding carboxylic acids is 1. The van der Waals surface area contributed by atoms with E-state index in [1.54, 1.807) is 0 Å². The molecule has 2 amide bonds. The van der Waals surface area contributed by atoms with Crippen LogP contribution in [-0.2, 0) is 0 Å². The molecule has 0 radical (unpaired) electrons. The Morgan fingerprint density at radius 3 is 2.88 bits per heavy atom. The van der Waals surface area contributed by atoms with Gasteiger partial charge in [-0.15, -0.1) is 0 Å². The molecular formula is C13H25N3O. The topological polar surface area (TPSA) is 44.4 Å². The predicted octanol–water partition coefficient (Wildman–Crippen LogP) is 1.43. The highest BCUT2D eigenvalue weighted by atomic mass is 16.2. The molecule has 4 nitrogen and oxygen atoms in total. The predicted molar refractivity (Wildman–Crippen MR) is 68.9 cm³/mol. The van der Waals surface area contributed by atoms with Gasteiger partial charge in [0, 0.05) is 31.7 Å². The molecule has 4 heteroatoms. The van der Waals surface area contributed by atoms with Gasteiger partial charge < -0.3 is 15.5 Å². The van der Waals surface area contributed by atoms with Crippen LogP contribution in [0.4, 0.5) is 4.79 Å². The molecule has 2 aliphatic rings. The number of rotatable bonds is 3. The molecule has 0 aromatic rings. The Balaban J connectivity index is 1.95. The molecular weight excluding hydrogens is 214 g/mol. The van der Waals surface area contributed by atoms with Crippen LogP contribution in [0.1, 0.15) is 33.6 Å². The van der Waals surface area contributed by atoms with Gasteiger partial charge in [0.2, 0.25) is 0 Å². The van der Waals surface area contributed by atoms with Crippen LogP contribution in [0.25, 0.3) is 0 Å². The van der Waals surface area contributed by atoms with Crippen molar-refractivity contribution in [2.75, 3.05) is 26.2 Å². The summed E-state index contributed by atoms with van der Waals surface area (Å²) in [7, 11) is 0. The smallest absolute Gasteiger partial charge is 0.317 e. The second-order valence-corrected chi connectivity index (χ2v) is 5.87.